The van der Waals surface area contributed by atoms with Gasteiger partial charge in [0.05, 0.1) is 27.8 Å². The van der Waals surface area contributed by atoms with Gasteiger partial charge in [-0.15, -0.1) is 0 Å². The lowest BCUT2D eigenvalue weighted by Crippen LogP contribution is -2.28. The van der Waals surface area contributed by atoms with E-state index in [1.807, 2.05) is 32.0 Å². The average Bonchev–Trinajstić information content (AvgIpc) is 2.53. The topological polar surface area (TPSA) is 65.0 Å². The molecule has 0 saturated heterocycles. The molecule has 0 aliphatic rings. The summed E-state index contributed by atoms with van der Waals surface area (Å²) in [6, 6.07) is 5.83. The first-order valence-corrected chi connectivity index (χ1v) is 10.1. The molecule has 0 N–H and O–H groups in total. The van der Waals surface area contributed by atoms with E-state index in [2.05, 4.69) is 30.7 Å². The Hall–Kier alpha value is -1.44. The fourth-order valence-electron chi connectivity index (χ4n) is 1.86. The smallest absolute Gasteiger partial charge is 0.237 e. The first-order chi connectivity index (χ1) is 11.1. The van der Waals surface area contributed by atoms with Crippen LogP contribution in [0.4, 0.5) is 0 Å². The zero-order valence-electron chi connectivity index (χ0n) is 15.0. The maximum absolute atomic E-state index is 11.4. The zero-order valence-corrected chi connectivity index (χ0v) is 16.8. The molecule has 0 aromatic carbocycles. The summed E-state index contributed by atoms with van der Waals surface area (Å²) in [4.78, 5) is 13.0. The van der Waals surface area contributed by atoms with Crippen LogP contribution in [0.15, 0.2) is 35.7 Å². The van der Waals surface area contributed by atoms with Crippen molar-refractivity contribution in [3.05, 3.63) is 36.3 Å². The molecule has 0 aliphatic carbocycles. The Morgan fingerprint density at radius 1 is 1.08 bits per heavy atom. The van der Waals surface area contributed by atoms with Gasteiger partial charge in [-0.3, -0.25) is 4.21 Å². The van der Waals surface area contributed by atoms with E-state index >= 15 is 0 Å². The van der Waals surface area contributed by atoms with Crippen LogP contribution in [0, 0.1) is 0 Å². The molecule has 1 unspecified atom stereocenters. The molecular weight excluding hydrogens is 338 g/mol. The van der Waals surface area contributed by atoms with E-state index in [1.165, 1.54) is 0 Å². The molecule has 0 saturated carbocycles. The van der Waals surface area contributed by atoms with E-state index in [4.69, 9.17) is 9.41 Å². The van der Waals surface area contributed by atoms with Gasteiger partial charge < -0.3 is 4.43 Å². The number of hydrogen-bond donors (Lipinski definition) is 0. The summed E-state index contributed by atoms with van der Waals surface area (Å²) in [7, 11) is -0.806. The van der Waals surface area contributed by atoms with Gasteiger partial charge in [0.15, 0.2) is 0 Å². The standard InChI is InChI=1S/C17H23N3O2SSi/c1-16(2,3)24-22-17(4,5)14-9-7-8-13(20-14)12-10-18-15(19-11-12)23(6)21/h7-11H,1-6H3. The molecule has 0 bridgehead atoms. The van der Waals surface area contributed by atoms with Crippen molar-refractivity contribution in [2.24, 2.45) is 0 Å². The van der Waals surface area contributed by atoms with E-state index < -0.39 is 16.4 Å². The molecule has 2 aromatic rings. The maximum Gasteiger partial charge on any atom is 0.237 e. The van der Waals surface area contributed by atoms with E-state index in [0.29, 0.717) is 14.9 Å². The predicted octanol–water partition coefficient (Wildman–Crippen LogP) is 3.37. The molecule has 0 amide bonds. The highest BCUT2D eigenvalue weighted by atomic mass is 32.2. The van der Waals surface area contributed by atoms with Crippen molar-refractivity contribution in [1.29, 1.82) is 0 Å². The van der Waals surface area contributed by atoms with Crippen LogP contribution in [0.5, 0.6) is 0 Å². The van der Waals surface area contributed by atoms with Gasteiger partial charge in [-0.05, 0) is 31.0 Å². The highest BCUT2D eigenvalue weighted by molar-refractivity contribution is 7.84. The second-order valence-electron chi connectivity index (χ2n) is 7.08. The van der Waals surface area contributed by atoms with E-state index in [-0.39, 0.29) is 5.04 Å². The third-order valence-corrected chi connectivity index (χ3v) is 5.11. The van der Waals surface area contributed by atoms with Gasteiger partial charge in [0.25, 0.3) is 0 Å². The van der Waals surface area contributed by atoms with Crippen LogP contribution in [-0.4, -0.2) is 35.2 Å². The summed E-state index contributed by atoms with van der Waals surface area (Å²) >= 11 is 0. The Kier molecular flexibility index (Phi) is 5.67. The Balaban J connectivity index is 2.26. The van der Waals surface area contributed by atoms with Crippen molar-refractivity contribution in [2.45, 2.75) is 50.4 Å². The van der Waals surface area contributed by atoms with Gasteiger partial charge in [0.1, 0.15) is 0 Å². The third-order valence-electron chi connectivity index (χ3n) is 3.16. The average molecular weight is 362 g/mol. The Morgan fingerprint density at radius 3 is 2.25 bits per heavy atom. The molecule has 2 heterocycles. The van der Waals surface area contributed by atoms with Crippen LogP contribution < -0.4 is 0 Å². The summed E-state index contributed by atoms with van der Waals surface area (Å²) in [6.07, 6.45) is 4.87. The van der Waals surface area contributed by atoms with Gasteiger partial charge in [0, 0.05) is 24.2 Å². The molecule has 5 nitrogen and oxygen atoms in total. The normalized spacial score (nSPS) is 13.8. The highest BCUT2D eigenvalue weighted by Crippen LogP contribution is 2.29. The highest BCUT2D eigenvalue weighted by Gasteiger charge is 2.26. The molecule has 7 heteroatoms. The number of rotatable bonds is 5. The molecule has 2 rings (SSSR count). The molecule has 0 spiro atoms. The van der Waals surface area contributed by atoms with Gasteiger partial charge >= 0.3 is 0 Å². The number of pyridine rings is 1. The first kappa shape index (κ1) is 18.9. The minimum Gasteiger partial charge on any atom is -0.406 e. The third kappa shape index (κ3) is 5.02. The quantitative estimate of drug-likeness (QED) is 0.603. The Bertz CT molecular complexity index is 727. The maximum atomic E-state index is 11.4. The minimum absolute atomic E-state index is 0.119. The fourth-order valence-corrected chi connectivity index (χ4v) is 2.93. The second-order valence-corrected chi connectivity index (χ2v) is 10.3. The van der Waals surface area contributed by atoms with Crippen molar-refractivity contribution < 1.29 is 8.63 Å². The van der Waals surface area contributed by atoms with Crippen molar-refractivity contribution in [3.63, 3.8) is 0 Å². The summed E-state index contributed by atoms with van der Waals surface area (Å²) in [5, 5.41) is 0.443. The van der Waals surface area contributed by atoms with Crippen LogP contribution in [0.1, 0.15) is 40.3 Å². The summed E-state index contributed by atoms with van der Waals surface area (Å²) in [5.74, 6) is 0. The number of hydrogen-bond acceptors (Lipinski definition) is 5. The lowest BCUT2D eigenvalue weighted by Gasteiger charge is -2.29. The first-order valence-electron chi connectivity index (χ1n) is 7.67. The van der Waals surface area contributed by atoms with Crippen LogP contribution in [0.2, 0.25) is 5.04 Å². The van der Waals surface area contributed by atoms with E-state index in [1.54, 1.807) is 18.6 Å². The van der Waals surface area contributed by atoms with Crippen molar-refractivity contribution >= 4 is 20.6 Å². The van der Waals surface area contributed by atoms with Gasteiger partial charge in [-0.25, -0.2) is 15.0 Å². The molecule has 128 valence electrons. The van der Waals surface area contributed by atoms with Crippen LogP contribution in [0.25, 0.3) is 11.3 Å². The van der Waals surface area contributed by atoms with Crippen molar-refractivity contribution in [1.82, 2.24) is 15.0 Å². The van der Waals surface area contributed by atoms with Crippen LogP contribution in [-0.2, 0) is 20.8 Å². The summed E-state index contributed by atoms with van der Waals surface area (Å²) < 4.78 is 17.5. The molecule has 0 aliphatic heterocycles. The van der Waals surface area contributed by atoms with E-state index in [9.17, 15) is 4.21 Å². The number of aromatic nitrogens is 3. The van der Waals surface area contributed by atoms with Crippen molar-refractivity contribution in [3.8, 4) is 11.3 Å². The predicted molar refractivity (Wildman–Crippen MR) is 97.2 cm³/mol. The van der Waals surface area contributed by atoms with Crippen LogP contribution in [0.3, 0.4) is 0 Å². The number of nitrogens with zero attached hydrogens (tertiary/aromatic N) is 3. The van der Waals surface area contributed by atoms with Crippen molar-refractivity contribution in [2.75, 3.05) is 6.26 Å². The summed E-state index contributed by atoms with van der Waals surface area (Å²) in [6.45, 7) is 10.5. The fraction of sp³-hybridized carbons (Fsp3) is 0.471. The van der Waals surface area contributed by atoms with Gasteiger partial charge in [-0.2, -0.15) is 0 Å². The van der Waals surface area contributed by atoms with Gasteiger partial charge in [0.2, 0.25) is 14.9 Å². The molecular formula is C17H23N3O2SSi. The molecule has 1 atom stereocenters. The second kappa shape index (κ2) is 7.21. The summed E-state index contributed by atoms with van der Waals surface area (Å²) in [5.41, 5.74) is 1.95. The molecule has 2 radical (unpaired) electrons. The SMILES string of the molecule is CS(=O)c1ncc(-c2cccc(C(C)(C)O[Si]C(C)(C)C)n2)cn1. The molecule has 0 fully saturated rings. The van der Waals surface area contributed by atoms with E-state index in [0.717, 1.165) is 17.0 Å². The molecule has 24 heavy (non-hydrogen) atoms. The Labute approximate surface area is 148 Å². The largest absolute Gasteiger partial charge is 0.406 e. The minimum atomic E-state index is -1.19. The zero-order chi connectivity index (χ0) is 18.0. The lowest BCUT2D eigenvalue weighted by atomic mass is 10.0. The van der Waals surface area contributed by atoms with Gasteiger partial charge in [-0.1, -0.05) is 26.8 Å². The lowest BCUT2D eigenvalue weighted by molar-refractivity contribution is 0.104. The monoisotopic (exact) mass is 361 g/mol. The molecule has 2 aromatic heterocycles. The Morgan fingerprint density at radius 2 is 1.71 bits per heavy atom. The van der Waals surface area contributed by atoms with Crippen LogP contribution >= 0.6 is 0 Å².